The minimum Gasteiger partial charge on any atom is -0.0630 e. The Bertz CT molecular complexity index is 52.4. The molecule has 0 aliphatic carbocycles. The van der Waals surface area contributed by atoms with E-state index in [2.05, 4.69) is 0 Å². The van der Waals surface area contributed by atoms with Crippen LogP contribution in [0.15, 0.2) is 0 Å². The van der Waals surface area contributed by atoms with Crippen molar-refractivity contribution in [2.24, 2.45) is 5.92 Å². The van der Waals surface area contributed by atoms with E-state index in [1.54, 1.807) is 13.8 Å². The summed E-state index contributed by atoms with van der Waals surface area (Å²) in [6.45, 7) is 1.62. The second kappa shape index (κ2) is 1.33. The van der Waals surface area contributed by atoms with E-state index < -0.39 is 6.85 Å². The first kappa shape index (κ1) is 1.00. The molecular formula is C4H10. The van der Waals surface area contributed by atoms with E-state index >= 15 is 0 Å². The Morgan fingerprint density at radius 1 is 1.75 bits per heavy atom. The third-order valence-corrected chi connectivity index (χ3v) is 0. The smallest absolute Gasteiger partial charge is 0.0233 e. The molecule has 0 saturated heterocycles. The maximum atomic E-state index is 6.72. The van der Waals surface area contributed by atoms with E-state index in [-0.39, 0.29) is 5.92 Å². The lowest BCUT2D eigenvalue weighted by Gasteiger charge is -1.79. The van der Waals surface area contributed by atoms with Gasteiger partial charge >= 0.3 is 0 Å². The van der Waals surface area contributed by atoms with Gasteiger partial charge in [-0.15, -0.1) is 0 Å². The fraction of sp³-hybridized carbons (Fsp3) is 1.00. The molecule has 0 rings (SSSR count). The highest BCUT2D eigenvalue weighted by Crippen LogP contribution is 1.81. The molecule has 0 aromatic heterocycles. The average molecular weight is 62.1 g/mol. The normalized spacial score (nSPS) is 23.2. The van der Waals surface area contributed by atoms with Crippen molar-refractivity contribution >= 4 is 0 Å². The lowest BCUT2D eigenvalue weighted by Crippen LogP contribution is -1.66. The summed E-state index contributed by atoms with van der Waals surface area (Å²) < 4.78 is 20.2. The van der Waals surface area contributed by atoms with Crippen molar-refractivity contribution in [3.8, 4) is 0 Å². The predicted molar refractivity (Wildman–Crippen MR) is 20.5 cm³/mol. The Hall–Kier alpha value is 0. The van der Waals surface area contributed by atoms with Crippen molar-refractivity contribution in [3.05, 3.63) is 0 Å². The molecule has 0 aromatic rings. The van der Waals surface area contributed by atoms with E-state index in [0.717, 1.165) is 0 Å². The zero-order valence-electron chi connectivity index (χ0n) is 6.08. The zero-order valence-corrected chi connectivity index (χ0v) is 3.08. The fourth-order valence-electron chi connectivity index (χ4n) is 0. The Balaban J connectivity index is 3.54. The molecule has 0 aliphatic rings. The lowest BCUT2D eigenvalue weighted by molar-refractivity contribution is 0.737. The molecule has 4 heavy (non-hydrogen) atoms. The van der Waals surface area contributed by atoms with Crippen molar-refractivity contribution in [1.82, 2.24) is 0 Å². The Kier molecular flexibility index (Phi) is 0.333. The Morgan fingerprint density at radius 2 is 2.00 bits per heavy atom. The first-order valence-corrected chi connectivity index (χ1v) is 1.44. The quantitative estimate of drug-likeness (QED) is 0.374. The fourth-order valence-corrected chi connectivity index (χ4v) is 0. The van der Waals surface area contributed by atoms with E-state index in [0.29, 0.717) is 0 Å². The first-order valence-electron chi connectivity index (χ1n) is 2.94. The average Bonchev–Trinajstić information content (AvgIpc) is 1.31. The van der Waals surface area contributed by atoms with Crippen LogP contribution in [0.1, 0.15) is 24.8 Å². The summed E-state index contributed by atoms with van der Waals surface area (Å²) in [7, 11) is 0. The predicted octanol–water partition coefficient (Wildman–Crippen LogP) is 1.66. The molecule has 0 saturated carbocycles. The molecule has 0 atom stereocenters. The van der Waals surface area contributed by atoms with Gasteiger partial charge in [0.15, 0.2) is 0 Å². The highest BCUT2D eigenvalue weighted by Gasteiger charge is 1.68. The van der Waals surface area contributed by atoms with Gasteiger partial charge in [-0.3, -0.25) is 0 Å². The van der Waals surface area contributed by atoms with Crippen LogP contribution in [-0.2, 0) is 0 Å². The van der Waals surface area contributed by atoms with Gasteiger partial charge in [-0.25, -0.2) is 0 Å². The summed E-state index contributed by atoms with van der Waals surface area (Å²) in [6, 6.07) is 0. The van der Waals surface area contributed by atoms with Crippen LogP contribution >= 0.6 is 0 Å². The number of hydrogen-bond acceptors (Lipinski definition) is 0. The van der Waals surface area contributed by atoms with Crippen LogP contribution in [0, 0.1) is 5.92 Å². The monoisotopic (exact) mass is 62.1 g/mol. The summed E-state index contributed by atoms with van der Waals surface area (Å²) >= 11 is 0. The third-order valence-electron chi connectivity index (χ3n) is 0. The molecule has 0 aromatic carbocycles. The third kappa shape index (κ3) is 0. The van der Waals surface area contributed by atoms with Crippen LogP contribution in [-0.4, -0.2) is 0 Å². The minimum absolute atomic E-state index is 0.201. The molecule has 26 valence electrons. The highest BCUT2D eigenvalue weighted by molar-refractivity contribution is 4.20. The van der Waals surface area contributed by atoms with Gasteiger partial charge in [0.2, 0.25) is 0 Å². The van der Waals surface area contributed by atoms with Crippen LogP contribution in [0.4, 0.5) is 0 Å². The van der Waals surface area contributed by atoms with E-state index in [1.807, 2.05) is 0 Å². The highest BCUT2D eigenvalue weighted by atomic mass is 14.0. The zero-order chi connectivity index (χ0) is 6.08. The Labute approximate surface area is 32.0 Å². The van der Waals surface area contributed by atoms with Gasteiger partial charge in [-0.05, 0) is 5.92 Å². The van der Waals surface area contributed by atoms with Crippen molar-refractivity contribution < 1.29 is 4.11 Å². The molecule has 0 amide bonds. The molecule has 0 spiro atoms. The van der Waals surface area contributed by atoms with Gasteiger partial charge in [-0.2, -0.15) is 0 Å². The SMILES string of the molecule is [2H][13C]([2H])([2H])C(C)C. The van der Waals surface area contributed by atoms with Gasteiger partial charge in [0.25, 0.3) is 0 Å². The van der Waals surface area contributed by atoms with Crippen LogP contribution < -0.4 is 0 Å². The molecule has 0 fully saturated rings. The number of hydrogen-bond donors (Lipinski definition) is 0. The van der Waals surface area contributed by atoms with Gasteiger partial charge < -0.3 is 0 Å². The summed E-state index contributed by atoms with van der Waals surface area (Å²) in [6.07, 6.45) is 0. The molecule has 0 nitrogen and oxygen atoms in total. The van der Waals surface area contributed by atoms with E-state index in [1.165, 1.54) is 0 Å². The first-order chi connectivity index (χ1) is 2.94. The molecule has 0 radical (unpaired) electrons. The molecule has 0 bridgehead atoms. The van der Waals surface area contributed by atoms with Crippen LogP contribution in [0.25, 0.3) is 0 Å². The van der Waals surface area contributed by atoms with Crippen molar-refractivity contribution in [2.75, 3.05) is 0 Å². The molecule has 0 heteroatoms. The summed E-state index contributed by atoms with van der Waals surface area (Å²) in [4.78, 5) is 0. The van der Waals surface area contributed by atoms with Crippen molar-refractivity contribution in [3.63, 3.8) is 0 Å². The second-order valence-corrected chi connectivity index (χ2v) is 1.15. The minimum atomic E-state index is -1.75. The summed E-state index contributed by atoms with van der Waals surface area (Å²) in [5, 5.41) is 0. The van der Waals surface area contributed by atoms with Crippen LogP contribution in [0.5, 0.6) is 0 Å². The molecular weight excluding hydrogens is 49.0 g/mol. The Morgan fingerprint density at radius 3 is 2.00 bits per heavy atom. The number of rotatable bonds is 0. The molecule has 0 heterocycles. The van der Waals surface area contributed by atoms with Gasteiger partial charge in [0, 0.05) is 4.11 Å². The van der Waals surface area contributed by atoms with Crippen molar-refractivity contribution in [2.45, 2.75) is 20.7 Å². The molecule has 0 N–H and O–H groups in total. The second-order valence-electron chi connectivity index (χ2n) is 1.15. The van der Waals surface area contributed by atoms with Crippen LogP contribution in [0.3, 0.4) is 0 Å². The maximum Gasteiger partial charge on any atom is 0.0233 e. The molecule has 0 unspecified atom stereocenters. The topological polar surface area (TPSA) is 0 Å². The van der Waals surface area contributed by atoms with Gasteiger partial charge in [0.05, 0.1) is 0 Å². The molecule has 0 aliphatic heterocycles. The maximum absolute atomic E-state index is 6.72. The van der Waals surface area contributed by atoms with Gasteiger partial charge in [-0.1, -0.05) is 20.7 Å². The van der Waals surface area contributed by atoms with E-state index in [9.17, 15) is 0 Å². The summed E-state index contributed by atoms with van der Waals surface area (Å²) in [5.74, 6) is -0.201. The van der Waals surface area contributed by atoms with Crippen molar-refractivity contribution in [1.29, 1.82) is 0 Å². The van der Waals surface area contributed by atoms with Gasteiger partial charge in [0.1, 0.15) is 0 Å². The largest absolute Gasteiger partial charge is 0.0630 e. The summed E-state index contributed by atoms with van der Waals surface area (Å²) in [5.41, 5.74) is 0. The van der Waals surface area contributed by atoms with E-state index in [4.69, 9.17) is 4.11 Å². The van der Waals surface area contributed by atoms with Crippen LogP contribution in [0.2, 0.25) is 0 Å². The standard InChI is InChI=1S/C4H10/c1-4(2)3/h4H,1-3H3/i1+1D3. The lowest BCUT2D eigenvalue weighted by atomic mass is 10.4.